The van der Waals surface area contributed by atoms with E-state index < -0.39 is 11.9 Å². The quantitative estimate of drug-likeness (QED) is 0.757. The normalized spacial score (nSPS) is 36.3. The lowest BCUT2D eigenvalue weighted by atomic mass is 9.73. The first-order valence-electron chi connectivity index (χ1n) is 6.10. The van der Waals surface area contributed by atoms with Crippen LogP contribution in [0.2, 0.25) is 0 Å². The highest BCUT2D eigenvalue weighted by atomic mass is 16.5. The van der Waals surface area contributed by atoms with E-state index >= 15 is 0 Å². The smallest absolute Gasteiger partial charge is 0.307 e. The number of carbonyl (C=O) groups excluding carboxylic acids is 1. The summed E-state index contributed by atoms with van der Waals surface area (Å²) in [6.45, 7) is 4.07. The van der Waals surface area contributed by atoms with Gasteiger partial charge in [0.1, 0.15) is 0 Å². The summed E-state index contributed by atoms with van der Waals surface area (Å²) >= 11 is 0. The van der Waals surface area contributed by atoms with Gasteiger partial charge in [-0.3, -0.25) is 9.59 Å². The second-order valence-electron chi connectivity index (χ2n) is 5.46. The number of nitrogens with one attached hydrogen (secondary N) is 1. The summed E-state index contributed by atoms with van der Waals surface area (Å²) in [4.78, 5) is 22.6. The first-order chi connectivity index (χ1) is 8.02. The Hall–Kier alpha value is -1.10. The molecule has 2 rings (SSSR count). The Labute approximate surface area is 101 Å². The topological polar surface area (TPSA) is 75.6 Å². The van der Waals surface area contributed by atoms with E-state index in [0.29, 0.717) is 26.0 Å². The van der Waals surface area contributed by atoms with Crippen LogP contribution in [0.4, 0.5) is 0 Å². The summed E-state index contributed by atoms with van der Waals surface area (Å²) in [5, 5.41) is 11.8. The summed E-state index contributed by atoms with van der Waals surface area (Å²) in [7, 11) is 0. The van der Waals surface area contributed by atoms with Crippen molar-refractivity contribution in [1.29, 1.82) is 0 Å². The van der Waals surface area contributed by atoms with E-state index in [0.717, 1.165) is 13.0 Å². The molecule has 0 bridgehead atoms. The van der Waals surface area contributed by atoms with Gasteiger partial charge < -0.3 is 15.2 Å². The van der Waals surface area contributed by atoms with Crippen molar-refractivity contribution in [3.8, 4) is 0 Å². The van der Waals surface area contributed by atoms with E-state index in [2.05, 4.69) is 12.2 Å². The van der Waals surface area contributed by atoms with Crippen molar-refractivity contribution in [2.45, 2.75) is 26.2 Å². The van der Waals surface area contributed by atoms with Crippen LogP contribution in [-0.4, -0.2) is 36.7 Å². The van der Waals surface area contributed by atoms with Gasteiger partial charge in [-0.1, -0.05) is 6.92 Å². The molecule has 1 saturated carbocycles. The second-order valence-corrected chi connectivity index (χ2v) is 5.46. The average molecular weight is 241 g/mol. The molecule has 0 spiro atoms. The van der Waals surface area contributed by atoms with E-state index in [1.807, 2.05) is 0 Å². The molecule has 1 aliphatic heterocycles. The van der Waals surface area contributed by atoms with Crippen molar-refractivity contribution in [2.75, 3.05) is 19.8 Å². The van der Waals surface area contributed by atoms with Crippen molar-refractivity contribution in [3.63, 3.8) is 0 Å². The summed E-state index contributed by atoms with van der Waals surface area (Å²) in [5.74, 6) is -1.79. The third kappa shape index (κ3) is 2.60. The lowest BCUT2D eigenvalue weighted by Gasteiger charge is -2.33. The summed E-state index contributed by atoms with van der Waals surface area (Å²) in [5.41, 5.74) is 0.0120. The summed E-state index contributed by atoms with van der Waals surface area (Å²) < 4.78 is 5.31. The number of amides is 1. The van der Waals surface area contributed by atoms with E-state index in [4.69, 9.17) is 9.84 Å². The van der Waals surface area contributed by atoms with Crippen molar-refractivity contribution < 1.29 is 19.4 Å². The minimum atomic E-state index is -0.855. The molecular weight excluding hydrogens is 222 g/mol. The number of carboxylic acids is 1. The third-order valence-electron chi connectivity index (χ3n) is 3.92. The van der Waals surface area contributed by atoms with Gasteiger partial charge in [0.05, 0.1) is 18.4 Å². The maximum Gasteiger partial charge on any atom is 0.307 e. The Morgan fingerprint density at radius 1 is 1.41 bits per heavy atom. The highest BCUT2D eigenvalue weighted by molar-refractivity contribution is 5.86. The number of ether oxygens (including phenoxy) is 1. The number of hydrogen-bond acceptors (Lipinski definition) is 3. The monoisotopic (exact) mass is 241 g/mol. The van der Waals surface area contributed by atoms with Crippen LogP contribution >= 0.6 is 0 Å². The van der Waals surface area contributed by atoms with Crippen LogP contribution in [0.25, 0.3) is 0 Å². The van der Waals surface area contributed by atoms with Crippen LogP contribution in [0, 0.1) is 17.3 Å². The molecule has 96 valence electrons. The van der Waals surface area contributed by atoms with Crippen LogP contribution < -0.4 is 5.32 Å². The Morgan fingerprint density at radius 3 is 2.59 bits per heavy atom. The zero-order valence-corrected chi connectivity index (χ0v) is 10.1. The fourth-order valence-electron chi connectivity index (χ4n) is 2.39. The standard InChI is InChI=1S/C12H19NO4/c1-12(4-5-17-7-12)6-13-10(14)8-2-3-9(8)11(15)16/h8-9H,2-7H2,1H3,(H,13,14)(H,15,16). The molecule has 3 atom stereocenters. The molecule has 1 saturated heterocycles. The summed E-state index contributed by atoms with van der Waals surface area (Å²) in [6, 6.07) is 0. The van der Waals surface area contributed by atoms with Gasteiger partial charge >= 0.3 is 5.97 Å². The molecule has 1 heterocycles. The van der Waals surface area contributed by atoms with Crippen molar-refractivity contribution >= 4 is 11.9 Å². The zero-order chi connectivity index (χ0) is 12.5. The highest BCUT2D eigenvalue weighted by Gasteiger charge is 2.42. The molecule has 5 heteroatoms. The third-order valence-corrected chi connectivity index (χ3v) is 3.92. The van der Waals surface area contributed by atoms with Crippen molar-refractivity contribution in [1.82, 2.24) is 5.32 Å². The molecule has 0 aromatic rings. The van der Waals surface area contributed by atoms with Gasteiger partial charge in [0.15, 0.2) is 0 Å². The first kappa shape index (κ1) is 12.4. The fourth-order valence-corrected chi connectivity index (χ4v) is 2.39. The number of aliphatic carboxylic acids is 1. The average Bonchev–Trinajstić information content (AvgIpc) is 2.60. The SMILES string of the molecule is CC1(CNC(=O)C2CCC2C(=O)O)CCOC1. The molecule has 2 aliphatic rings. The van der Waals surface area contributed by atoms with Crippen molar-refractivity contribution in [2.24, 2.45) is 17.3 Å². The van der Waals surface area contributed by atoms with E-state index in [-0.39, 0.29) is 17.2 Å². The molecule has 1 amide bonds. The van der Waals surface area contributed by atoms with Gasteiger partial charge in [-0.2, -0.15) is 0 Å². The maximum atomic E-state index is 11.8. The number of hydrogen-bond donors (Lipinski definition) is 2. The Balaban J connectivity index is 1.79. The molecule has 2 N–H and O–H groups in total. The molecule has 3 unspecified atom stereocenters. The highest BCUT2D eigenvalue weighted by Crippen LogP contribution is 2.35. The van der Waals surface area contributed by atoms with Gasteiger partial charge in [0.2, 0.25) is 5.91 Å². The van der Waals surface area contributed by atoms with Crippen LogP contribution in [-0.2, 0) is 14.3 Å². The molecule has 0 aromatic carbocycles. The molecule has 17 heavy (non-hydrogen) atoms. The minimum Gasteiger partial charge on any atom is -0.481 e. The molecule has 0 radical (unpaired) electrons. The predicted molar refractivity (Wildman–Crippen MR) is 60.4 cm³/mol. The van der Waals surface area contributed by atoms with Gasteiger partial charge in [-0.15, -0.1) is 0 Å². The van der Waals surface area contributed by atoms with E-state index in [1.165, 1.54) is 0 Å². The van der Waals surface area contributed by atoms with Crippen LogP contribution in [0.15, 0.2) is 0 Å². The predicted octanol–water partition coefficient (Wildman–Crippen LogP) is 0.640. The molecule has 5 nitrogen and oxygen atoms in total. The minimum absolute atomic E-state index is 0.0120. The zero-order valence-electron chi connectivity index (χ0n) is 10.1. The van der Waals surface area contributed by atoms with E-state index in [9.17, 15) is 9.59 Å². The number of carboxylic acid groups (broad SMARTS) is 1. The Kier molecular flexibility index (Phi) is 3.38. The molecule has 2 fully saturated rings. The Morgan fingerprint density at radius 2 is 2.12 bits per heavy atom. The molecule has 1 aliphatic carbocycles. The maximum absolute atomic E-state index is 11.8. The van der Waals surface area contributed by atoms with Crippen LogP contribution in [0.1, 0.15) is 26.2 Å². The largest absolute Gasteiger partial charge is 0.481 e. The van der Waals surface area contributed by atoms with E-state index in [1.54, 1.807) is 0 Å². The lowest BCUT2D eigenvalue weighted by molar-refractivity contribution is -0.152. The van der Waals surface area contributed by atoms with Crippen LogP contribution in [0.5, 0.6) is 0 Å². The number of rotatable bonds is 4. The Bertz CT molecular complexity index is 322. The van der Waals surface area contributed by atoms with Gasteiger partial charge in [-0.25, -0.2) is 0 Å². The lowest BCUT2D eigenvalue weighted by Crippen LogP contribution is -2.46. The fraction of sp³-hybridized carbons (Fsp3) is 0.833. The second kappa shape index (κ2) is 4.64. The summed E-state index contributed by atoms with van der Waals surface area (Å²) in [6.07, 6.45) is 2.25. The first-order valence-corrected chi connectivity index (χ1v) is 6.10. The molecule has 0 aromatic heterocycles. The number of carbonyl (C=O) groups is 2. The van der Waals surface area contributed by atoms with Crippen LogP contribution in [0.3, 0.4) is 0 Å². The van der Waals surface area contributed by atoms with Gasteiger partial charge in [0, 0.05) is 18.6 Å². The van der Waals surface area contributed by atoms with Gasteiger partial charge in [-0.05, 0) is 19.3 Å². The van der Waals surface area contributed by atoms with Crippen molar-refractivity contribution in [3.05, 3.63) is 0 Å². The van der Waals surface area contributed by atoms with Gasteiger partial charge in [0.25, 0.3) is 0 Å². The molecular formula is C12H19NO4.